The molecule has 0 spiro atoms. The van der Waals surface area contributed by atoms with Crippen molar-refractivity contribution in [2.24, 2.45) is 0 Å². The van der Waals surface area contributed by atoms with Gasteiger partial charge in [-0.25, -0.2) is 4.79 Å². The number of amides is 2. The number of alkyl halides is 3. The molecule has 0 saturated carbocycles. The standard InChI is InChI=1S/C23H27F3N2O3/c1-15(28-21(30)31-22(2,3)4)20(29)27-14-18-9-5-7-16(12-18)11-17-8-6-10-19(13-17)23(24,25)26/h5-10,12-13,15H,11,14H2,1-4H3,(H,27,29)(H,28,30)/t15-/m0/s1. The predicted octanol–water partition coefficient (Wildman–Crippen LogP) is 4.83. The van der Waals surface area contributed by atoms with Crippen molar-refractivity contribution in [3.05, 3.63) is 70.8 Å². The van der Waals surface area contributed by atoms with Crippen molar-refractivity contribution >= 4 is 12.0 Å². The fourth-order valence-corrected chi connectivity index (χ4v) is 2.84. The van der Waals surface area contributed by atoms with Crippen LogP contribution < -0.4 is 10.6 Å². The van der Waals surface area contributed by atoms with Crippen LogP contribution in [0.4, 0.5) is 18.0 Å². The van der Waals surface area contributed by atoms with Crippen LogP contribution in [-0.4, -0.2) is 23.6 Å². The van der Waals surface area contributed by atoms with E-state index in [9.17, 15) is 22.8 Å². The Bertz CT molecular complexity index is 921. The third-order valence-corrected chi connectivity index (χ3v) is 4.25. The van der Waals surface area contributed by atoms with Crippen LogP contribution in [0.25, 0.3) is 0 Å². The van der Waals surface area contributed by atoms with Gasteiger partial charge in [0.1, 0.15) is 11.6 Å². The molecule has 0 aliphatic heterocycles. The molecule has 31 heavy (non-hydrogen) atoms. The average molecular weight is 436 g/mol. The summed E-state index contributed by atoms with van der Waals surface area (Å²) >= 11 is 0. The maximum absolute atomic E-state index is 12.9. The average Bonchev–Trinajstić information content (AvgIpc) is 2.64. The highest BCUT2D eigenvalue weighted by molar-refractivity contribution is 5.85. The molecule has 0 bridgehead atoms. The highest BCUT2D eigenvalue weighted by Gasteiger charge is 2.30. The van der Waals surface area contributed by atoms with Crippen LogP contribution in [0.15, 0.2) is 48.5 Å². The molecule has 0 radical (unpaired) electrons. The monoisotopic (exact) mass is 436 g/mol. The third-order valence-electron chi connectivity index (χ3n) is 4.25. The first-order valence-corrected chi connectivity index (χ1v) is 9.85. The van der Waals surface area contributed by atoms with Crippen molar-refractivity contribution in [3.63, 3.8) is 0 Å². The summed E-state index contributed by atoms with van der Waals surface area (Å²) in [6.45, 7) is 6.94. The minimum absolute atomic E-state index is 0.218. The summed E-state index contributed by atoms with van der Waals surface area (Å²) in [5.41, 5.74) is 0.819. The van der Waals surface area contributed by atoms with E-state index >= 15 is 0 Å². The number of alkyl carbamates (subject to hydrolysis) is 1. The van der Waals surface area contributed by atoms with E-state index in [4.69, 9.17) is 4.74 Å². The van der Waals surface area contributed by atoms with Gasteiger partial charge in [-0.2, -0.15) is 13.2 Å². The first-order valence-electron chi connectivity index (χ1n) is 9.85. The van der Waals surface area contributed by atoms with E-state index in [0.29, 0.717) is 12.0 Å². The molecule has 8 heteroatoms. The van der Waals surface area contributed by atoms with Gasteiger partial charge in [-0.1, -0.05) is 42.5 Å². The molecule has 1 atom stereocenters. The van der Waals surface area contributed by atoms with Gasteiger partial charge in [0.15, 0.2) is 0 Å². The molecule has 0 unspecified atom stereocenters. The van der Waals surface area contributed by atoms with Crippen molar-refractivity contribution in [2.45, 2.75) is 58.5 Å². The van der Waals surface area contributed by atoms with Gasteiger partial charge >= 0.3 is 12.3 Å². The molecule has 0 saturated heterocycles. The summed E-state index contributed by atoms with van der Waals surface area (Å²) in [5.74, 6) is -0.380. The molecule has 0 heterocycles. The number of benzene rings is 2. The second kappa shape index (κ2) is 9.85. The van der Waals surface area contributed by atoms with Gasteiger partial charge in [-0.3, -0.25) is 4.79 Å². The van der Waals surface area contributed by atoms with Crippen LogP contribution in [-0.2, 0) is 28.7 Å². The van der Waals surface area contributed by atoms with Gasteiger partial charge in [0, 0.05) is 6.54 Å². The van der Waals surface area contributed by atoms with Gasteiger partial charge in [0.05, 0.1) is 5.56 Å². The smallest absolute Gasteiger partial charge is 0.416 e. The molecule has 2 N–H and O–H groups in total. The number of carbonyl (C=O) groups is 2. The van der Waals surface area contributed by atoms with E-state index in [-0.39, 0.29) is 12.5 Å². The van der Waals surface area contributed by atoms with Gasteiger partial charge < -0.3 is 15.4 Å². The molecule has 5 nitrogen and oxygen atoms in total. The zero-order valence-electron chi connectivity index (χ0n) is 18.0. The summed E-state index contributed by atoms with van der Waals surface area (Å²) < 4.78 is 43.8. The minimum Gasteiger partial charge on any atom is -0.444 e. The Morgan fingerprint density at radius 1 is 0.968 bits per heavy atom. The largest absolute Gasteiger partial charge is 0.444 e. The molecule has 2 amide bonds. The van der Waals surface area contributed by atoms with Crippen molar-refractivity contribution in [3.8, 4) is 0 Å². The number of rotatable bonds is 6. The first-order chi connectivity index (χ1) is 14.3. The number of ether oxygens (including phenoxy) is 1. The Labute approximate surface area is 180 Å². The van der Waals surface area contributed by atoms with Crippen LogP contribution >= 0.6 is 0 Å². The van der Waals surface area contributed by atoms with Gasteiger partial charge in [0.2, 0.25) is 5.91 Å². The zero-order valence-corrected chi connectivity index (χ0v) is 18.0. The maximum Gasteiger partial charge on any atom is 0.416 e. The van der Waals surface area contributed by atoms with Crippen molar-refractivity contribution in [1.82, 2.24) is 10.6 Å². The predicted molar refractivity (Wildman–Crippen MR) is 111 cm³/mol. The lowest BCUT2D eigenvalue weighted by atomic mass is 10.0. The molecule has 0 aliphatic carbocycles. The van der Waals surface area contributed by atoms with Crippen LogP contribution in [0.5, 0.6) is 0 Å². The fraction of sp³-hybridized carbons (Fsp3) is 0.391. The normalized spacial score (nSPS) is 12.7. The highest BCUT2D eigenvalue weighted by Crippen LogP contribution is 2.30. The quantitative estimate of drug-likeness (QED) is 0.682. The lowest BCUT2D eigenvalue weighted by Gasteiger charge is -2.21. The highest BCUT2D eigenvalue weighted by atomic mass is 19.4. The molecule has 0 aromatic heterocycles. The Morgan fingerprint density at radius 2 is 1.55 bits per heavy atom. The zero-order chi connectivity index (χ0) is 23.2. The second-order valence-electron chi connectivity index (χ2n) is 8.28. The van der Waals surface area contributed by atoms with E-state index < -0.39 is 29.5 Å². The van der Waals surface area contributed by atoms with E-state index in [1.807, 2.05) is 18.2 Å². The lowest BCUT2D eigenvalue weighted by Crippen LogP contribution is -2.46. The van der Waals surface area contributed by atoms with Crippen molar-refractivity contribution in [2.75, 3.05) is 0 Å². The molecular weight excluding hydrogens is 409 g/mol. The van der Waals surface area contributed by atoms with Crippen molar-refractivity contribution in [1.29, 1.82) is 0 Å². The maximum atomic E-state index is 12.9. The number of hydrogen-bond donors (Lipinski definition) is 2. The Kier molecular flexibility index (Phi) is 7.70. The summed E-state index contributed by atoms with van der Waals surface area (Å²) in [6.07, 6.45) is -4.73. The number of hydrogen-bond acceptors (Lipinski definition) is 3. The topological polar surface area (TPSA) is 67.4 Å². The van der Waals surface area contributed by atoms with E-state index in [0.717, 1.165) is 23.3 Å². The minimum atomic E-state index is -4.38. The summed E-state index contributed by atoms with van der Waals surface area (Å²) in [7, 11) is 0. The Balaban J connectivity index is 1.94. The summed E-state index contributed by atoms with van der Waals surface area (Å²) in [4.78, 5) is 24.0. The number of nitrogens with one attached hydrogen (secondary N) is 2. The third kappa shape index (κ3) is 8.32. The molecule has 2 aromatic rings. The lowest BCUT2D eigenvalue weighted by molar-refractivity contribution is -0.137. The molecule has 168 valence electrons. The molecule has 2 rings (SSSR count). The Morgan fingerprint density at radius 3 is 2.16 bits per heavy atom. The molecule has 2 aromatic carbocycles. The van der Waals surface area contributed by atoms with Crippen LogP contribution in [0, 0.1) is 0 Å². The summed E-state index contributed by atoms with van der Waals surface area (Å²) in [5, 5.41) is 5.20. The SMILES string of the molecule is C[C@H](NC(=O)OC(C)(C)C)C(=O)NCc1cccc(Cc2cccc(C(F)(F)F)c2)c1. The summed E-state index contributed by atoms with van der Waals surface area (Å²) in [6, 6.07) is 11.7. The van der Waals surface area contributed by atoms with Gasteiger partial charge in [-0.15, -0.1) is 0 Å². The van der Waals surface area contributed by atoms with Crippen LogP contribution in [0.2, 0.25) is 0 Å². The number of halogens is 3. The molecule has 0 fully saturated rings. The molecular formula is C23H27F3N2O3. The fourth-order valence-electron chi connectivity index (χ4n) is 2.84. The van der Waals surface area contributed by atoms with E-state index in [1.54, 1.807) is 39.8 Å². The number of carbonyl (C=O) groups excluding carboxylic acids is 2. The second-order valence-corrected chi connectivity index (χ2v) is 8.28. The van der Waals surface area contributed by atoms with Gasteiger partial charge in [0.25, 0.3) is 0 Å². The van der Waals surface area contributed by atoms with Crippen molar-refractivity contribution < 1.29 is 27.5 Å². The van der Waals surface area contributed by atoms with E-state index in [1.165, 1.54) is 6.07 Å². The molecule has 0 aliphatic rings. The Hall–Kier alpha value is -3.03. The van der Waals surface area contributed by atoms with Crippen LogP contribution in [0.1, 0.15) is 49.9 Å². The van der Waals surface area contributed by atoms with Gasteiger partial charge in [-0.05, 0) is 56.9 Å². The first kappa shape index (κ1) is 24.2. The van der Waals surface area contributed by atoms with E-state index in [2.05, 4.69) is 10.6 Å². The van der Waals surface area contributed by atoms with Crippen LogP contribution in [0.3, 0.4) is 0 Å².